The molecule has 0 saturated carbocycles. The molecule has 2 heteroatoms. The molecule has 0 radical (unpaired) electrons. The van der Waals surface area contributed by atoms with Crippen molar-refractivity contribution in [2.75, 3.05) is 0 Å². The van der Waals surface area contributed by atoms with E-state index in [1.54, 1.807) is 0 Å². The molecule has 0 fully saturated rings. The smallest absolute Gasteiger partial charge is 0.339 e. The fourth-order valence-corrected chi connectivity index (χ4v) is 2.72. The van der Waals surface area contributed by atoms with Crippen molar-refractivity contribution >= 4 is 5.97 Å². The summed E-state index contributed by atoms with van der Waals surface area (Å²) in [7, 11) is 0. The number of carbonyl (C=O) groups excluding carboxylic acids is 1. The lowest BCUT2D eigenvalue weighted by Gasteiger charge is -2.12. The summed E-state index contributed by atoms with van der Waals surface area (Å²) in [5.41, 5.74) is 5.88. The highest BCUT2D eigenvalue weighted by atomic mass is 16.5. The average molecular weight is 316 g/mol. The lowest BCUT2D eigenvalue weighted by Crippen LogP contribution is -2.07. The van der Waals surface area contributed by atoms with Crippen molar-refractivity contribution in [1.29, 1.82) is 0 Å². The van der Waals surface area contributed by atoms with Crippen molar-refractivity contribution in [1.82, 2.24) is 0 Å². The summed E-state index contributed by atoms with van der Waals surface area (Å²) in [6.45, 7) is 4.39. The Labute approximate surface area is 142 Å². The summed E-state index contributed by atoms with van der Waals surface area (Å²) in [5, 5.41) is 0. The molecule has 0 bridgehead atoms. The van der Waals surface area contributed by atoms with Gasteiger partial charge in [-0.25, -0.2) is 4.79 Å². The van der Waals surface area contributed by atoms with Crippen molar-refractivity contribution in [2.45, 2.75) is 20.5 Å². The van der Waals surface area contributed by atoms with Crippen LogP contribution in [0.25, 0.3) is 11.1 Å². The first kappa shape index (κ1) is 16.0. The van der Waals surface area contributed by atoms with Crippen LogP contribution in [-0.4, -0.2) is 5.97 Å². The van der Waals surface area contributed by atoms with Crippen molar-refractivity contribution in [3.8, 4) is 11.1 Å². The normalized spacial score (nSPS) is 10.4. The predicted molar refractivity (Wildman–Crippen MR) is 96.9 cm³/mol. The highest BCUT2D eigenvalue weighted by Crippen LogP contribution is 2.28. The second kappa shape index (κ2) is 7.14. The van der Waals surface area contributed by atoms with Crippen LogP contribution in [0.5, 0.6) is 0 Å². The Kier molecular flexibility index (Phi) is 4.76. The Hall–Kier alpha value is -2.87. The topological polar surface area (TPSA) is 26.3 Å². The molecule has 0 atom stereocenters. The number of carbonyl (C=O) groups is 1. The summed E-state index contributed by atoms with van der Waals surface area (Å²) in [6, 6.07) is 23.6. The molecule has 0 aliphatic rings. The maximum absolute atomic E-state index is 12.6. The monoisotopic (exact) mass is 316 g/mol. The van der Waals surface area contributed by atoms with E-state index in [-0.39, 0.29) is 12.6 Å². The Morgan fingerprint density at radius 3 is 2.33 bits per heavy atom. The zero-order chi connectivity index (χ0) is 16.9. The molecule has 0 spiro atoms. The van der Waals surface area contributed by atoms with Crippen molar-refractivity contribution in [3.05, 3.63) is 95.1 Å². The molecule has 3 aromatic rings. The number of ether oxygens (including phenoxy) is 1. The van der Waals surface area contributed by atoms with Gasteiger partial charge in [-0.3, -0.25) is 0 Å². The van der Waals surface area contributed by atoms with Crippen LogP contribution in [0.2, 0.25) is 0 Å². The van der Waals surface area contributed by atoms with Crippen LogP contribution in [-0.2, 0) is 11.3 Å². The third kappa shape index (κ3) is 3.54. The van der Waals surface area contributed by atoms with E-state index in [9.17, 15) is 4.79 Å². The molecule has 3 rings (SSSR count). The van der Waals surface area contributed by atoms with Gasteiger partial charge in [-0.2, -0.15) is 0 Å². The molecular weight excluding hydrogens is 296 g/mol. The van der Waals surface area contributed by atoms with E-state index in [1.807, 2.05) is 54.6 Å². The first-order valence-electron chi connectivity index (χ1n) is 8.03. The van der Waals surface area contributed by atoms with Gasteiger partial charge in [0.2, 0.25) is 0 Å². The zero-order valence-corrected chi connectivity index (χ0v) is 14.0. The number of rotatable bonds is 4. The molecule has 0 aliphatic heterocycles. The predicted octanol–water partition coefficient (Wildman–Crippen LogP) is 5.33. The average Bonchev–Trinajstić information content (AvgIpc) is 2.62. The molecule has 24 heavy (non-hydrogen) atoms. The van der Waals surface area contributed by atoms with E-state index < -0.39 is 0 Å². The van der Waals surface area contributed by atoms with Crippen LogP contribution >= 0.6 is 0 Å². The van der Waals surface area contributed by atoms with Crippen molar-refractivity contribution < 1.29 is 9.53 Å². The van der Waals surface area contributed by atoms with Crippen molar-refractivity contribution in [3.63, 3.8) is 0 Å². The fraction of sp³-hybridized carbons (Fsp3) is 0.136. The second-order valence-electron chi connectivity index (χ2n) is 5.93. The molecule has 0 amide bonds. The lowest BCUT2D eigenvalue weighted by atomic mass is 9.94. The van der Waals surface area contributed by atoms with Crippen LogP contribution < -0.4 is 0 Å². The maximum Gasteiger partial charge on any atom is 0.339 e. The van der Waals surface area contributed by atoms with Gasteiger partial charge in [-0.1, -0.05) is 72.3 Å². The number of hydrogen-bond donors (Lipinski definition) is 0. The molecule has 3 aromatic carbocycles. The van der Waals surface area contributed by atoms with Gasteiger partial charge in [0.1, 0.15) is 6.61 Å². The number of esters is 1. The van der Waals surface area contributed by atoms with Crippen LogP contribution in [0.3, 0.4) is 0 Å². The SMILES string of the molecule is Cc1ccc(C)c(-c2ccccc2C(=O)OCc2ccccc2)c1. The van der Waals surface area contributed by atoms with Crippen LogP contribution in [0.4, 0.5) is 0 Å². The van der Waals surface area contributed by atoms with Crippen LogP contribution in [0, 0.1) is 13.8 Å². The summed E-state index contributed by atoms with van der Waals surface area (Å²) in [5.74, 6) is -0.296. The van der Waals surface area contributed by atoms with Gasteiger partial charge >= 0.3 is 5.97 Å². The van der Waals surface area contributed by atoms with E-state index in [4.69, 9.17) is 4.74 Å². The molecule has 0 aromatic heterocycles. The Balaban J connectivity index is 1.89. The molecule has 0 saturated heterocycles. The van der Waals surface area contributed by atoms with Gasteiger partial charge < -0.3 is 4.74 Å². The van der Waals surface area contributed by atoms with Gasteiger partial charge in [0.25, 0.3) is 0 Å². The minimum atomic E-state index is -0.296. The molecule has 0 unspecified atom stereocenters. The first-order chi connectivity index (χ1) is 11.6. The van der Waals surface area contributed by atoms with Gasteiger partial charge in [-0.15, -0.1) is 0 Å². The highest BCUT2D eigenvalue weighted by Gasteiger charge is 2.15. The minimum absolute atomic E-state index is 0.279. The standard InChI is InChI=1S/C22H20O2/c1-16-12-13-17(2)21(14-16)19-10-6-7-11-20(19)22(23)24-15-18-8-4-3-5-9-18/h3-14H,15H2,1-2H3. The number of hydrogen-bond acceptors (Lipinski definition) is 2. The summed E-state index contributed by atoms with van der Waals surface area (Å²) in [6.07, 6.45) is 0. The minimum Gasteiger partial charge on any atom is -0.457 e. The van der Waals surface area contributed by atoms with Crippen LogP contribution in [0.1, 0.15) is 27.0 Å². The quantitative estimate of drug-likeness (QED) is 0.608. The Bertz CT molecular complexity index is 851. The van der Waals surface area contributed by atoms with E-state index in [1.165, 1.54) is 5.56 Å². The lowest BCUT2D eigenvalue weighted by molar-refractivity contribution is 0.0473. The molecule has 120 valence electrons. The second-order valence-corrected chi connectivity index (χ2v) is 5.93. The maximum atomic E-state index is 12.6. The largest absolute Gasteiger partial charge is 0.457 e. The summed E-state index contributed by atoms with van der Waals surface area (Å²) >= 11 is 0. The van der Waals surface area contributed by atoms with E-state index in [0.717, 1.165) is 22.3 Å². The molecular formula is C22H20O2. The third-order valence-corrected chi connectivity index (χ3v) is 4.04. The van der Waals surface area contributed by atoms with Gasteiger partial charge in [0.15, 0.2) is 0 Å². The van der Waals surface area contributed by atoms with Gasteiger partial charge in [0, 0.05) is 0 Å². The van der Waals surface area contributed by atoms with Crippen LogP contribution in [0.15, 0.2) is 72.8 Å². The first-order valence-corrected chi connectivity index (χ1v) is 8.03. The van der Waals surface area contributed by atoms with Crippen molar-refractivity contribution in [2.24, 2.45) is 0 Å². The third-order valence-electron chi connectivity index (χ3n) is 4.04. The van der Waals surface area contributed by atoms with Gasteiger partial charge in [0.05, 0.1) is 5.56 Å². The molecule has 0 N–H and O–H groups in total. The zero-order valence-electron chi connectivity index (χ0n) is 14.0. The fourth-order valence-electron chi connectivity index (χ4n) is 2.72. The highest BCUT2D eigenvalue weighted by molar-refractivity contribution is 5.97. The molecule has 0 heterocycles. The Morgan fingerprint density at radius 2 is 1.54 bits per heavy atom. The molecule has 0 aliphatic carbocycles. The van der Waals surface area contributed by atoms with E-state index >= 15 is 0 Å². The Morgan fingerprint density at radius 1 is 0.833 bits per heavy atom. The number of benzene rings is 3. The summed E-state index contributed by atoms with van der Waals surface area (Å²) < 4.78 is 5.51. The van der Waals surface area contributed by atoms with E-state index in [2.05, 4.69) is 32.0 Å². The summed E-state index contributed by atoms with van der Waals surface area (Å²) in [4.78, 5) is 12.6. The number of aryl methyl sites for hydroxylation is 2. The molecule has 2 nitrogen and oxygen atoms in total. The van der Waals surface area contributed by atoms with Gasteiger partial charge in [-0.05, 0) is 42.2 Å². The van der Waals surface area contributed by atoms with E-state index in [0.29, 0.717) is 5.56 Å².